The molecule has 0 saturated carbocycles. The molecule has 1 aromatic carbocycles. The maximum Gasteiger partial charge on any atom is 0.349 e. The Morgan fingerprint density at radius 2 is 1.91 bits per heavy atom. The zero-order valence-corrected chi connectivity index (χ0v) is 13.7. The molecule has 1 aromatic heterocycles. The van der Waals surface area contributed by atoms with Gasteiger partial charge in [0.15, 0.2) is 5.60 Å². The van der Waals surface area contributed by atoms with Crippen LogP contribution in [0.1, 0.15) is 26.3 Å². The van der Waals surface area contributed by atoms with Crippen LogP contribution >= 0.6 is 0 Å². The molecule has 0 radical (unpaired) electrons. The van der Waals surface area contributed by atoms with Gasteiger partial charge in [-0.15, -0.1) is 0 Å². The van der Waals surface area contributed by atoms with E-state index in [0.717, 1.165) is 11.4 Å². The zero-order chi connectivity index (χ0) is 16.7. The molecule has 0 fully saturated rings. The monoisotopic (exact) mass is 314 g/mol. The van der Waals surface area contributed by atoms with Gasteiger partial charge in [0, 0.05) is 12.7 Å². The van der Waals surface area contributed by atoms with Gasteiger partial charge in [-0.1, -0.05) is 18.2 Å². The molecule has 1 N–H and O–H groups in total. The third kappa shape index (κ3) is 4.98. The van der Waals surface area contributed by atoms with E-state index in [1.807, 2.05) is 42.5 Å². The summed E-state index contributed by atoms with van der Waals surface area (Å²) in [6.07, 6.45) is 1.75. The molecule has 1 heterocycles. The molecule has 122 valence electrons. The van der Waals surface area contributed by atoms with E-state index in [1.165, 1.54) is 0 Å². The SMILES string of the molecule is CCOC(=O)C(C)(C)Oc1ccc(CNc2ccccn2)cc1. The largest absolute Gasteiger partial charge is 0.476 e. The van der Waals surface area contributed by atoms with Gasteiger partial charge in [-0.05, 0) is 50.6 Å². The molecule has 0 spiro atoms. The highest BCUT2D eigenvalue weighted by atomic mass is 16.6. The van der Waals surface area contributed by atoms with Crippen LogP contribution in [0.2, 0.25) is 0 Å². The molecule has 5 heteroatoms. The van der Waals surface area contributed by atoms with Gasteiger partial charge >= 0.3 is 5.97 Å². The number of pyridine rings is 1. The number of benzene rings is 1. The minimum Gasteiger partial charge on any atom is -0.476 e. The standard InChI is InChI=1S/C18H22N2O3/c1-4-22-17(21)18(2,3)23-15-10-8-14(9-11-15)13-20-16-7-5-6-12-19-16/h5-12H,4,13H2,1-3H3,(H,19,20). The summed E-state index contributed by atoms with van der Waals surface area (Å²) in [5.74, 6) is 1.09. The van der Waals surface area contributed by atoms with Crippen molar-refractivity contribution in [2.24, 2.45) is 0 Å². The van der Waals surface area contributed by atoms with Crippen LogP contribution in [0.25, 0.3) is 0 Å². The molecule has 0 aliphatic carbocycles. The zero-order valence-electron chi connectivity index (χ0n) is 13.7. The van der Waals surface area contributed by atoms with E-state index in [4.69, 9.17) is 9.47 Å². The molecule has 0 aliphatic rings. The van der Waals surface area contributed by atoms with E-state index in [2.05, 4.69) is 10.3 Å². The number of hydrogen-bond acceptors (Lipinski definition) is 5. The smallest absolute Gasteiger partial charge is 0.349 e. The highest BCUT2D eigenvalue weighted by molar-refractivity contribution is 5.79. The number of carbonyl (C=O) groups is 1. The minimum absolute atomic E-state index is 0.337. The van der Waals surface area contributed by atoms with Crippen molar-refractivity contribution in [3.63, 3.8) is 0 Å². The van der Waals surface area contributed by atoms with Crippen LogP contribution in [0.5, 0.6) is 5.75 Å². The van der Waals surface area contributed by atoms with Crippen molar-refractivity contribution >= 4 is 11.8 Å². The average Bonchev–Trinajstić information content (AvgIpc) is 2.55. The second kappa shape index (κ2) is 7.63. The first kappa shape index (κ1) is 16.8. The third-order valence-corrected chi connectivity index (χ3v) is 3.20. The Labute approximate surface area is 136 Å². The summed E-state index contributed by atoms with van der Waals surface area (Å²) in [5.41, 5.74) is 0.0842. The van der Waals surface area contributed by atoms with Gasteiger partial charge < -0.3 is 14.8 Å². The Bertz CT molecular complexity index is 624. The Kier molecular flexibility index (Phi) is 5.57. The number of nitrogens with one attached hydrogen (secondary N) is 1. The van der Waals surface area contributed by atoms with Gasteiger partial charge in [-0.3, -0.25) is 0 Å². The number of anilines is 1. The molecule has 0 aliphatic heterocycles. The van der Waals surface area contributed by atoms with Crippen molar-refractivity contribution in [2.45, 2.75) is 32.9 Å². The lowest BCUT2D eigenvalue weighted by atomic mass is 10.1. The fourth-order valence-corrected chi connectivity index (χ4v) is 1.98. The predicted molar refractivity (Wildman–Crippen MR) is 89.3 cm³/mol. The predicted octanol–water partition coefficient (Wildman–Crippen LogP) is 3.41. The summed E-state index contributed by atoms with van der Waals surface area (Å²) in [7, 11) is 0. The van der Waals surface area contributed by atoms with E-state index < -0.39 is 5.60 Å². The van der Waals surface area contributed by atoms with Gasteiger partial charge in [-0.2, -0.15) is 0 Å². The van der Waals surface area contributed by atoms with Crippen molar-refractivity contribution in [1.82, 2.24) is 4.98 Å². The minimum atomic E-state index is -1.01. The number of hydrogen-bond donors (Lipinski definition) is 1. The lowest BCUT2D eigenvalue weighted by Crippen LogP contribution is -2.39. The lowest BCUT2D eigenvalue weighted by Gasteiger charge is -2.24. The van der Waals surface area contributed by atoms with Crippen LogP contribution in [0.3, 0.4) is 0 Å². The maximum atomic E-state index is 11.8. The average molecular weight is 314 g/mol. The van der Waals surface area contributed by atoms with Crippen LogP contribution in [0, 0.1) is 0 Å². The third-order valence-electron chi connectivity index (χ3n) is 3.20. The number of ether oxygens (including phenoxy) is 2. The van der Waals surface area contributed by atoms with E-state index in [0.29, 0.717) is 18.9 Å². The van der Waals surface area contributed by atoms with E-state index in [1.54, 1.807) is 27.0 Å². The van der Waals surface area contributed by atoms with Crippen LogP contribution in [-0.4, -0.2) is 23.2 Å². The number of rotatable bonds is 7. The van der Waals surface area contributed by atoms with Gasteiger partial charge in [0.05, 0.1) is 6.61 Å². The molecular formula is C18H22N2O3. The van der Waals surface area contributed by atoms with Crippen LogP contribution in [0.4, 0.5) is 5.82 Å². The normalized spacial score (nSPS) is 10.9. The van der Waals surface area contributed by atoms with Gasteiger partial charge in [-0.25, -0.2) is 9.78 Å². The van der Waals surface area contributed by atoms with Crippen molar-refractivity contribution in [1.29, 1.82) is 0 Å². The fourth-order valence-electron chi connectivity index (χ4n) is 1.98. The van der Waals surface area contributed by atoms with Crippen LogP contribution < -0.4 is 10.1 Å². The summed E-state index contributed by atoms with van der Waals surface area (Å²) in [4.78, 5) is 16.0. The molecule has 0 bridgehead atoms. The van der Waals surface area contributed by atoms with E-state index in [9.17, 15) is 4.79 Å². The lowest BCUT2D eigenvalue weighted by molar-refractivity contribution is -0.158. The highest BCUT2D eigenvalue weighted by Gasteiger charge is 2.31. The van der Waals surface area contributed by atoms with Crippen molar-refractivity contribution in [3.05, 3.63) is 54.2 Å². The highest BCUT2D eigenvalue weighted by Crippen LogP contribution is 2.20. The molecule has 2 rings (SSSR count). The van der Waals surface area contributed by atoms with Crippen molar-refractivity contribution in [3.8, 4) is 5.75 Å². The molecule has 0 atom stereocenters. The molecule has 5 nitrogen and oxygen atoms in total. The Morgan fingerprint density at radius 1 is 1.17 bits per heavy atom. The fraction of sp³-hybridized carbons (Fsp3) is 0.333. The number of carbonyl (C=O) groups excluding carboxylic acids is 1. The summed E-state index contributed by atoms with van der Waals surface area (Å²) in [6, 6.07) is 13.3. The van der Waals surface area contributed by atoms with Crippen molar-refractivity contribution < 1.29 is 14.3 Å². The molecule has 2 aromatic rings. The topological polar surface area (TPSA) is 60.5 Å². The van der Waals surface area contributed by atoms with Gasteiger partial charge in [0.25, 0.3) is 0 Å². The number of nitrogens with zero attached hydrogens (tertiary/aromatic N) is 1. The molecule has 0 unspecified atom stereocenters. The second-order valence-electron chi connectivity index (χ2n) is 5.55. The van der Waals surface area contributed by atoms with Crippen LogP contribution in [0.15, 0.2) is 48.7 Å². The first-order chi connectivity index (χ1) is 11.0. The molecule has 23 heavy (non-hydrogen) atoms. The molecule has 0 amide bonds. The quantitative estimate of drug-likeness (QED) is 0.794. The molecule has 0 saturated heterocycles. The Hall–Kier alpha value is -2.56. The second-order valence-corrected chi connectivity index (χ2v) is 5.55. The number of esters is 1. The number of aromatic nitrogens is 1. The Balaban J connectivity index is 1.93. The maximum absolute atomic E-state index is 11.8. The Morgan fingerprint density at radius 3 is 2.52 bits per heavy atom. The first-order valence-electron chi connectivity index (χ1n) is 7.61. The van der Waals surface area contributed by atoms with E-state index in [-0.39, 0.29) is 5.97 Å². The summed E-state index contributed by atoms with van der Waals surface area (Å²) in [6.45, 7) is 6.17. The summed E-state index contributed by atoms with van der Waals surface area (Å²) in [5, 5.41) is 3.24. The van der Waals surface area contributed by atoms with Crippen LogP contribution in [-0.2, 0) is 16.1 Å². The van der Waals surface area contributed by atoms with Gasteiger partial charge in [0.2, 0.25) is 0 Å². The van der Waals surface area contributed by atoms with E-state index >= 15 is 0 Å². The summed E-state index contributed by atoms with van der Waals surface area (Å²) >= 11 is 0. The van der Waals surface area contributed by atoms with Gasteiger partial charge in [0.1, 0.15) is 11.6 Å². The summed E-state index contributed by atoms with van der Waals surface area (Å²) < 4.78 is 10.7. The first-order valence-corrected chi connectivity index (χ1v) is 7.61. The van der Waals surface area contributed by atoms with Crippen molar-refractivity contribution in [2.75, 3.05) is 11.9 Å². The molecular weight excluding hydrogens is 292 g/mol.